The number of hydrogen-bond donors (Lipinski definition) is 2. The van der Waals surface area contributed by atoms with Crippen molar-refractivity contribution in [2.45, 2.75) is 24.0 Å². The molecule has 0 aliphatic carbocycles. The fourth-order valence-corrected chi connectivity index (χ4v) is 3.59. The molecule has 2 aromatic rings. The highest BCUT2D eigenvalue weighted by Gasteiger charge is 2.40. The monoisotopic (exact) mass is 418 g/mol. The molecule has 1 amide bonds. The Kier molecular flexibility index (Phi) is 5.81. The molecule has 7 nitrogen and oxygen atoms in total. The Hall–Kier alpha value is -2.91. The van der Waals surface area contributed by atoms with E-state index < -0.39 is 44.6 Å². The van der Waals surface area contributed by atoms with Crippen LogP contribution in [0.5, 0.6) is 0 Å². The van der Waals surface area contributed by atoms with E-state index in [1.54, 1.807) is 0 Å². The maximum atomic E-state index is 14.6. The summed E-state index contributed by atoms with van der Waals surface area (Å²) in [7, 11) is -3.72. The highest BCUT2D eigenvalue weighted by atomic mass is 32.2. The first kappa shape index (κ1) is 21.4. The van der Waals surface area contributed by atoms with E-state index in [-0.39, 0.29) is 11.3 Å². The minimum absolute atomic E-state index is 0.151. The molecule has 1 unspecified atom stereocenters. The molecule has 0 aliphatic rings. The molecule has 0 bridgehead atoms. The van der Waals surface area contributed by atoms with Crippen molar-refractivity contribution >= 4 is 21.6 Å². The second-order valence-corrected chi connectivity index (χ2v) is 7.48. The topological polar surface area (TPSA) is 104 Å². The van der Waals surface area contributed by atoms with Gasteiger partial charge in [0.2, 0.25) is 10.0 Å². The van der Waals surface area contributed by atoms with Gasteiger partial charge in [-0.3, -0.25) is 4.79 Å². The minimum atomic E-state index is -4.88. The van der Waals surface area contributed by atoms with E-state index in [1.165, 1.54) is 29.0 Å². The molecule has 0 spiro atoms. The Balaban J connectivity index is 2.35. The van der Waals surface area contributed by atoms with Crippen molar-refractivity contribution < 1.29 is 30.8 Å². The quantitative estimate of drug-likeness (QED) is 0.728. The lowest BCUT2D eigenvalue weighted by atomic mass is 10.2. The van der Waals surface area contributed by atoms with Gasteiger partial charge in [0.15, 0.2) is 5.82 Å². The number of benzene rings is 1. The number of halogens is 4. The first-order valence-corrected chi connectivity index (χ1v) is 9.10. The molecule has 2 rings (SSSR count). The van der Waals surface area contributed by atoms with Crippen molar-refractivity contribution in [2.75, 3.05) is 5.32 Å². The van der Waals surface area contributed by atoms with E-state index in [4.69, 9.17) is 5.26 Å². The molecule has 0 radical (unpaired) electrons. The predicted molar refractivity (Wildman–Crippen MR) is 90.3 cm³/mol. The SMILES string of the molecule is CC(NS(=O)(=O)c1cn(C)c(C(=O)Nc2cccc(C#N)c2)c1F)C(F)(F)F. The number of sulfonamides is 1. The van der Waals surface area contributed by atoms with Gasteiger partial charge in [-0.05, 0) is 25.1 Å². The third-order valence-electron chi connectivity index (χ3n) is 3.66. The molecule has 1 atom stereocenters. The third kappa shape index (κ3) is 4.49. The largest absolute Gasteiger partial charge is 0.404 e. The fourth-order valence-electron chi connectivity index (χ4n) is 2.24. The number of hydrogen-bond acceptors (Lipinski definition) is 4. The van der Waals surface area contributed by atoms with Crippen LogP contribution in [-0.2, 0) is 17.1 Å². The first-order valence-electron chi connectivity index (χ1n) is 7.62. The van der Waals surface area contributed by atoms with Gasteiger partial charge in [-0.25, -0.2) is 12.8 Å². The summed E-state index contributed by atoms with van der Waals surface area (Å²) in [6, 6.07) is 5.06. The lowest BCUT2D eigenvalue weighted by Crippen LogP contribution is -2.43. The molecular formula is C16H14F4N4O3S. The number of nitrogens with one attached hydrogen (secondary N) is 2. The van der Waals surface area contributed by atoms with Gasteiger partial charge in [0.25, 0.3) is 5.91 Å². The second-order valence-electron chi connectivity index (χ2n) is 5.80. The van der Waals surface area contributed by atoms with Crippen LogP contribution in [0.2, 0.25) is 0 Å². The third-order valence-corrected chi connectivity index (χ3v) is 5.19. The molecule has 12 heteroatoms. The number of nitriles is 1. The molecule has 28 heavy (non-hydrogen) atoms. The van der Waals surface area contributed by atoms with E-state index >= 15 is 0 Å². The van der Waals surface area contributed by atoms with Gasteiger partial charge >= 0.3 is 6.18 Å². The zero-order valence-corrected chi connectivity index (χ0v) is 15.3. The first-order chi connectivity index (χ1) is 12.9. The minimum Gasteiger partial charge on any atom is -0.343 e. The van der Waals surface area contributed by atoms with Crippen LogP contribution in [0.15, 0.2) is 35.4 Å². The highest BCUT2D eigenvalue weighted by molar-refractivity contribution is 7.89. The van der Waals surface area contributed by atoms with Crippen molar-refractivity contribution in [3.05, 3.63) is 47.5 Å². The van der Waals surface area contributed by atoms with Crippen molar-refractivity contribution in [3.63, 3.8) is 0 Å². The van der Waals surface area contributed by atoms with Gasteiger partial charge < -0.3 is 9.88 Å². The maximum Gasteiger partial charge on any atom is 0.404 e. The van der Waals surface area contributed by atoms with Crippen molar-refractivity contribution in [1.82, 2.24) is 9.29 Å². The van der Waals surface area contributed by atoms with E-state index in [0.717, 1.165) is 11.6 Å². The van der Waals surface area contributed by atoms with Gasteiger partial charge in [-0.1, -0.05) is 6.07 Å². The molecule has 0 aliphatic heterocycles. The summed E-state index contributed by atoms with van der Waals surface area (Å²) >= 11 is 0. The van der Waals surface area contributed by atoms with Gasteiger partial charge in [0.1, 0.15) is 16.6 Å². The Morgan fingerprint density at radius 1 is 1.32 bits per heavy atom. The molecule has 0 fully saturated rings. The Bertz CT molecular complexity index is 1050. The van der Waals surface area contributed by atoms with Crippen LogP contribution in [0.3, 0.4) is 0 Å². The standard InChI is InChI=1S/C16H14F4N4O3S/c1-9(16(18,19)20)23-28(26,27)12-8-24(2)14(13(12)17)15(25)22-11-5-3-4-10(6-11)7-21/h3-6,8-9,23H,1-2H3,(H,22,25). The number of nitrogens with zero attached hydrogens (tertiary/aromatic N) is 2. The lowest BCUT2D eigenvalue weighted by Gasteiger charge is -2.16. The van der Waals surface area contributed by atoms with E-state index in [0.29, 0.717) is 13.1 Å². The Morgan fingerprint density at radius 3 is 2.54 bits per heavy atom. The summed E-state index contributed by atoms with van der Waals surface area (Å²) in [4.78, 5) is 11.2. The average molecular weight is 418 g/mol. The summed E-state index contributed by atoms with van der Waals surface area (Å²) < 4.78 is 78.8. The van der Waals surface area contributed by atoms with Crippen LogP contribution in [0, 0.1) is 17.1 Å². The summed E-state index contributed by atoms with van der Waals surface area (Å²) in [5.74, 6) is -2.54. The maximum absolute atomic E-state index is 14.6. The molecule has 0 saturated carbocycles. The second kappa shape index (κ2) is 7.61. The Morgan fingerprint density at radius 2 is 1.96 bits per heavy atom. The molecule has 1 heterocycles. The molecular weight excluding hydrogens is 404 g/mol. The molecule has 1 aromatic heterocycles. The van der Waals surface area contributed by atoms with E-state index in [1.807, 2.05) is 6.07 Å². The van der Waals surface area contributed by atoms with Crippen molar-refractivity contribution in [3.8, 4) is 6.07 Å². The number of alkyl halides is 3. The number of carbonyl (C=O) groups is 1. The molecule has 1 aromatic carbocycles. The molecule has 0 saturated heterocycles. The summed E-state index contributed by atoms with van der Waals surface area (Å²) in [5, 5.41) is 11.1. The number of rotatable bonds is 5. The summed E-state index contributed by atoms with van der Waals surface area (Å²) in [5.41, 5.74) is -0.334. The van der Waals surface area contributed by atoms with E-state index in [2.05, 4.69) is 5.32 Å². The normalized spacial score (nSPS) is 13.0. The number of aromatic nitrogens is 1. The number of aryl methyl sites for hydroxylation is 1. The lowest BCUT2D eigenvalue weighted by molar-refractivity contribution is -0.147. The number of carbonyl (C=O) groups excluding carboxylic acids is 1. The van der Waals surface area contributed by atoms with Gasteiger partial charge in [0, 0.05) is 18.9 Å². The summed E-state index contributed by atoms with van der Waals surface area (Å²) in [6.45, 7) is 0.564. The van der Waals surface area contributed by atoms with Crippen molar-refractivity contribution in [2.24, 2.45) is 7.05 Å². The Labute approximate surface area is 157 Å². The average Bonchev–Trinajstić information content (AvgIpc) is 2.89. The van der Waals surface area contributed by atoms with Crippen LogP contribution in [0.25, 0.3) is 0 Å². The number of anilines is 1. The smallest absolute Gasteiger partial charge is 0.343 e. The van der Waals surface area contributed by atoms with Crippen LogP contribution >= 0.6 is 0 Å². The highest BCUT2D eigenvalue weighted by Crippen LogP contribution is 2.25. The molecule has 150 valence electrons. The molecule has 2 N–H and O–H groups in total. The van der Waals surface area contributed by atoms with Crippen LogP contribution in [0.4, 0.5) is 23.2 Å². The summed E-state index contributed by atoms with van der Waals surface area (Å²) in [6.07, 6.45) is -4.17. The van der Waals surface area contributed by atoms with Gasteiger partial charge in [-0.2, -0.15) is 23.2 Å². The van der Waals surface area contributed by atoms with Crippen LogP contribution in [-0.4, -0.2) is 31.1 Å². The number of amides is 1. The zero-order valence-electron chi connectivity index (χ0n) is 14.5. The van der Waals surface area contributed by atoms with Gasteiger partial charge in [0.05, 0.1) is 11.6 Å². The fraction of sp³-hybridized carbons (Fsp3) is 0.250. The zero-order chi connectivity index (χ0) is 21.3. The van der Waals surface area contributed by atoms with E-state index in [9.17, 15) is 30.8 Å². The predicted octanol–water partition coefficient (Wildman–Crippen LogP) is 2.52. The van der Waals surface area contributed by atoms with Crippen molar-refractivity contribution in [1.29, 1.82) is 5.26 Å². The van der Waals surface area contributed by atoms with Crippen LogP contribution < -0.4 is 10.0 Å². The van der Waals surface area contributed by atoms with Gasteiger partial charge in [-0.15, -0.1) is 0 Å². The van der Waals surface area contributed by atoms with Crippen LogP contribution in [0.1, 0.15) is 23.0 Å².